The number of carbonyl (C=O) groups excluding carboxylic acids is 2. The number of halogens is 2. The Bertz CT molecular complexity index is 727. The molecule has 1 heterocycles. The first-order valence-electron chi connectivity index (χ1n) is 7.31. The molecule has 0 radical (unpaired) electrons. The molecular formula is C16H16ClFN2O4S. The van der Waals surface area contributed by atoms with Crippen molar-refractivity contribution in [3.63, 3.8) is 0 Å². The molecule has 0 saturated carbocycles. The summed E-state index contributed by atoms with van der Waals surface area (Å²) in [7, 11) is 0. The quantitative estimate of drug-likeness (QED) is 0.637. The molecule has 1 aromatic heterocycles. The average Bonchev–Trinajstić information content (AvgIpc) is 3.12. The fraction of sp³-hybridized carbons (Fsp3) is 0.250. The Labute approximate surface area is 152 Å². The van der Waals surface area contributed by atoms with Gasteiger partial charge in [-0.2, -0.15) is 0 Å². The van der Waals surface area contributed by atoms with E-state index in [1.807, 2.05) is 17.5 Å². The van der Waals surface area contributed by atoms with Crippen LogP contribution in [-0.4, -0.2) is 36.7 Å². The molecule has 1 unspecified atom stereocenters. The first kappa shape index (κ1) is 19.3. The van der Waals surface area contributed by atoms with Gasteiger partial charge in [0.15, 0.2) is 0 Å². The fourth-order valence-corrected chi connectivity index (χ4v) is 2.89. The number of benzene rings is 1. The summed E-state index contributed by atoms with van der Waals surface area (Å²) >= 11 is 7.06. The van der Waals surface area contributed by atoms with Gasteiger partial charge in [-0.25, -0.2) is 4.39 Å². The molecular weight excluding hydrogens is 371 g/mol. The standard InChI is InChI=1S/C16H16ClFN2O4S/c17-11-8-10(3-4-12(11)18)20-16(23)15(22)19-9-13(24-6-5-21)14-2-1-7-25-14/h1-4,7-8,13,21H,5-6,9H2,(H,19,22)(H,20,23). The monoisotopic (exact) mass is 386 g/mol. The number of rotatable bonds is 7. The number of carbonyl (C=O) groups is 2. The third kappa shape index (κ3) is 5.79. The van der Waals surface area contributed by atoms with E-state index in [0.29, 0.717) is 0 Å². The van der Waals surface area contributed by atoms with E-state index in [2.05, 4.69) is 10.6 Å². The number of thiophene rings is 1. The van der Waals surface area contributed by atoms with Crippen LogP contribution in [0.4, 0.5) is 10.1 Å². The molecule has 2 aromatic rings. The van der Waals surface area contributed by atoms with Gasteiger partial charge in [-0.15, -0.1) is 11.3 Å². The second-order valence-electron chi connectivity index (χ2n) is 4.89. The molecule has 0 saturated heterocycles. The van der Waals surface area contributed by atoms with Crippen LogP contribution in [0.25, 0.3) is 0 Å². The van der Waals surface area contributed by atoms with E-state index >= 15 is 0 Å². The van der Waals surface area contributed by atoms with Crippen molar-refractivity contribution in [3.8, 4) is 0 Å². The van der Waals surface area contributed by atoms with Crippen LogP contribution in [0.1, 0.15) is 11.0 Å². The minimum atomic E-state index is -0.908. The Morgan fingerprint density at radius 2 is 2.12 bits per heavy atom. The number of nitrogens with one attached hydrogen (secondary N) is 2. The molecule has 0 bridgehead atoms. The summed E-state index contributed by atoms with van der Waals surface area (Å²) in [4.78, 5) is 24.7. The van der Waals surface area contributed by atoms with Crippen LogP contribution < -0.4 is 10.6 Å². The van der Waals surface area contributed by atoms with Crippen molar-refractivity contribution >= 4 is 40.4 Å². The average molecular weight is 387 g/mol. The summed E-state index contributed by atoms with van der Waals surface area (Å²) in [5, 5.41) is 15.4. The van der Waals surface area contributed by atoms with Crippen LogP contribution in [0.2, 0.25) is 5.02 Å². The molecule has 0 spiro atoms. The molecule has 3 N–H and O–H groups in total. The van der Waals surface area contributed by atoms with Gasteiger partial charge >= 0.3 is 11.8 Å². The first-order chi connectivity index (χ1) is 12.0. The van der Waals surface area contributed by atoms with Crippen molar-refractivity contribution < 1.29 is 23.8 Å². The summed E-state index contributed by atoms with van der Waals surface area (Å²) in [6, 6.07) is 7.26. The predicted molar refractivity (Wildman–Crippen MR) is 93.1 cm³/mol. The molecule has 0 aliphatic rings. The highest BCUT2D eigenvalue weighted by Crippen LogP contribution is 2.22. The Balaban J connectivity index is 1.90. The van der Waals surface area contributed by atoms with E-state index in [4.69, 9.17) is 21.4 Å². The molecule has 0 aliphatic carbocycles. The third-order valence-corrected chi connectivity index (χ3v) is 4.36. The van der Waals surface area contributed by atoms with E-state index in [-0.39, 0.29) is 30.5 Å². The molecule has 0 aliphatic heterocycles. The summed E-state index contributed by atoms with van der Waals surface area (Å²) in [5.41, 5.74) is 0.206. The van der Waals surface area contributed by atoms with Crippen LogP contribution >= 0.6 is 22.9 Å². The Hall–Kier alpha value is -2.00. The van der Waals surface area contributed by atoms with Crippen molar-refractivity contribution in [2.75, 3.05) is 25.1 Å². The van der Waals surface area contributed by atoms with Gasteiger partial charge in [-0.3, -0.25) is 9.59 Å². The van der Waals surface area contributed by atoms with Crippen molar-refractivity contribution in [2.45, 2.75) is 6.10 Å². The fourth-order valence-electron chi connectivity index (χ4n) is 1.94. The number of aliphatic hydroxyl groups excluding tert-OH is 1. The van der Waals surface area contributed by atoms with Gasteiger partial charge in [-0.1, -0.05) is 17.7 Å². The van der Waals surface area contributed by atoms with Crippen molar-refractivity contribution in [3.05, 3.63) is 51.4 Å². The molecule has 2 amide bonds. The normalized spacial score (nSPS) is 11.8. The number of amides is 2. The maximum atomic E-state index is 13.1. The van der Waals surface area contributed by atoms with Crippen molar-refractivity contribution in [1.82, 2.24) is 5.32 Å². The number of hydrogen-bond donors (Lipinski definition) is 3. The molecule has 1 atom stereocenters. The second-order valence-corrected chi connectivity index (χ2v) is 6.28. The highest BCUT2D eigenvalue weighted by Gasteiger charge is 2.18. The highest BCUT2D eigenvalue weighted by atomic mass is 35.5. The van der Waals surface area contributed by atoms with E-state index < -0.39 is 23.7 Å². The lowest BCUT2D eigenvalue weighted by molar-refractivity contribution is -0.136. The maximum absolute atomic E-state index is 13.1. The zero-order valence-electron chi connectivity index (χ0n) is 13.0. The Kier molecular flexibility index (Phi) is 7.32. The number of aliphatic hydroxyl groups is 1. The predicted octanol–water partition coefficient (Wildman–Crippen LogP) is 2.35. The molecule has 6 nitrogen and oxygen atoms in total. The highest BCUT2D eigenvalue weighted by molar-refractivity contribution is 7.10. The molecule has 25 heavy (non-hydrogen) atoms. The second kappa shape index (κ2) is 9.47. The zero-order chi connectivity index (χ0) is 18.2. The molecule has 0 fully saturated rings. The van der Waals surface area contributed by atoms with Gasteiger partial charge in [0.2, 0.25) is 0 Å². The van der Waals surface area contributed by atoms with Gasteiger partial charge in [0.1, 0.15) is 11.9 Å². The molecule has 1 aromatic carbocycles. The summed E-state index contributed by atoms with van der Waals surface area (Å²) < 4.78 is 18.6. The molecule has 2 rings (SSSR count). The van der Waals surface area contributed by atoms with Gasteiger partial charge < -0.3 is 20.5 Å². The van der Waals surface area contributed by atoms with Crippen molar-refractivity contribution in [1.29, 1.82) is 0 Å². The largest absolute Gasteiger partial charge is 0.394 e. The van der Waals surface area contributed by atoms with E-state index in [1.54, 1.807) is 0 Å². The molecule has 134 valence electrons. The third-order valence-electron chi connectivity index (χ3n) is 3.10. The topological polar surface area (TPSA) is 87.7 Å². The first-order valence-corrected chi connectivity index (χ1v) is 8.57. The lowest BCUT2D eigenvalue weighted by atomic mass is 10.2. The summed E-state index contributed by atoms with van der Waals surface area (Å²) in [5.74, 6) is -2.40. The van der Waals surface area contributed by atoms with Gasteiger partial charge in [0.05, 0.1) is 18.2 Å². The lowest BCUT2D eigenvalue weighted by Crippen LogP contribution is -2.38. The number of hydrogen-bond acceptors (Lipinski definition) is 5. The van der Waals surface area contributed by atoms with Crippen LogP contribution in [0.15, 0.2) is 35.7 Å². The zero-order valence-corrected chi connectivity index (χ0v) is 14.6. The van der Waals surface area contributed by atoms with Gasteiger partial charge in [-0.05, 0) is 29.6 Å². The van der Waals surface area contributed by atoms with Crippen LogP contribution in [0.3, 0.4) is 0 Å². The van der Waals surface area contributed by atoms with Crippen LogP contribution in [-0.2, 0) is 14.3 Å². The van der Waals surface area contributed by atoms with E-state index in [1.165, 1.54) is 23.5 Å². The smallest absolute Gasteiger partial charge is 0.313 e. The minimum Gasteiger partial charge on any atom is -0.394 e. The van der Waals surface area contributed by atoms with E-state index in [0.717, 1.165) is 10.9 Å². The van der Waals surface area contributed by atoms with Gasteiger partial charge in [0.25, 0.3) is 0 Å². The summed E-state index contributed by atoms with van der Waals surface area (Å²) in [6.07, 6.45) is -0.468. The number of anilines is 1. The Morgan fingerprint density at radius 3 is 2.76 bits per heavy atom. The van der Waals surface area contributed by atoms with Gasteiger partial charge in [0, 0.05) is 17.1 Å². The lowest BCUT2D eigenvalue weighted by Gasteiger charge is -2.16. The van der Waals surface area contributed by atoms with Crippen LogP contribution in [0, 0.1) is 5.82 Å². The number of ether oxygens (including phenoxy) is 1. The molecule has 9 heteroatoms. The minimum absolute atomic E-state index is 0.0664. The summed E-state index contributed by atoms with van der Waals surface area (Å²) in [6.45, 7) is 0.0251. The Morgan fingerprint density at radius 1 is 1.32 bits per heavy atom. The van der Waals surface area contributed by atoms with E-state index in [9.17, 15) is 14.0 Å². The van der Waals surface area contributed by atoms with Crippen LogP contribution in [0.5, 0.6) is 0 Å². The SMILES string of the molecule is O=C(NCC(OCCO)c1cccs1)C(=O)Nc1ccc(F)c(Cl)c1. The van der Waals surface area contributed by atoms with Crippen molar-refractivity contribution in [2.24, 2.45) is 0 Å². The maximum Gasteiger partial charge on any atom is 0.313 e.